The monoisotopic (exact) mass is 420 g/mol. The van der Waals surface area contributed by atoms with Crippen LogP contribution in [-0.4, -0.2) is 39.1 Å². The molecule has 4 rings (SSSR count). The molecule has 1 fully saturated rings. The van der Waals surface area contributed by atoms with E-state index < -0.39 is 11.1 Å². The average molecular weight is 421 g/mol. The van der Waals surface area contributed by atoms with E-state index in [0.717, 1.165) is 32.5 Å². The summed E-state index contributed by atoms with van der Waals surface area (Å²) in [6.45, 7) is 4.82. The summed E-state index contributed by atoms with van der Waals surface area (Å²) < 4.78 is 2.75. The van der Waals surface area contributed by atoms with Gasteiger partial charge in [-0.3, -0.25) is 23.9 Å². The average Bonchev–Trinajstić information content (AvgIpc) is 2.79. The summed E-state index contributed by atoms with van der Waals surface area (Å²) in [7, 11) is 0. The fourth-order valence-corrected chi connectivity index (χ4v) is 4.34. The molecule has 1 aromatic heterocycles. The molecule has 0 saturated carbocycles. The zero-order valence-corrected chi connectivity index (χ0v) is 17.8. The van der Waals surface area contributed by atoms with Crippen molar-refractivity contribution in [2.45, 2.75) is 45.4 Å². The summed E-state index contributed by atoms with van der Waals surface area (Å²) in [4.78, 5) is 40.2. The first-order chi connectivity index (χ1) is 15.1. The fraction of sp³-hybridized carbons (Fsp3) is 0.375. The van der Waals surface area contributed by atoms with E-state index in [9.17, 15) is 14.4 Å². The Hall–Kier alpha value is -3.19. The van der Waals surface area contributed by atoms with Crippen LogP contribution in [0.4, 0.5) is 0 Å². The number of carbonyl (C=O) groups excluding carboxylic acids is 1. The Labute approximate surface area is 180 Å². The number of aromatic nitrogens is 2. The number of para-hydroxylation sites is 2. The summed E-state index contributed by atoms with van der Waals surface area (Å²) in [5, 5.41) is 3.06. The Bertz CT molecular complexity index is 1170. The summed E-state index contributed by atoms with van der Waals surface area (Å²) >= 11 is 0. The largest absolute Gasteiger partial charge is 0.352 e. The second-order valence-corrected chi connectivity index (χ2v) is 8.03. The van der Waals surface area contributed by atoms with E-state index in [4.69, 9.17) is 0 Å². The molecule has 2 aromatic carbocycles. The van der Waals surface area contributed by atoms with Crippen molar-refractivity contribution in [2.75, 3.05) is 13.1 Å². The number of benzene rings is 2. The van der Waals surface area contributed by atoms with Crippen molar-refractivity contribution in [3.63, 3.8) is 0 Å². The van der Waals surface area contributed by atoms with E-state index in [1.807, 2.05) is 37.3 Å². The molecule has 0 atom stereocenters. The topological polar surface area (TPSA) is 76.3 Å². The van der Waals surface area contributed by atoms with Gasteiger partial charge in [-0.2, -0.15) is 0 Å². The number of piperidine rings is 1. The normalized spacial score (nSPS) is 15.3. The third-order valence-electron chi connectivity index (χ3n) is 5.96. The van der Waals surface area contributed by atoms with E-state index in [1.165, 1.54) is 14.7 Å². The maximum atomic E-state index is 12.7. The van der Waals surface area contributed by atoms with E-state index in [0.29, 0.717) is 17.6 Å². The first-order valence-electron chi connectivity index (χ1n) is 10.8. The molecular weight excluding hydrogens is 392 g/mol. The van der Waals surface area contributed by atoms with E-state index in [-0.39, 0.29) is 18.5 Å². The van der Waals surface area contributed by atoms with Gasteiger partial charge >= 0.3 is 11.1 Å². The Morgan fingerprint density at radius 2 is 1.48 bits per heavy atom. The van der Waals surface area contributed by atoms with Crippen LogP contribution in [0, 0.1) is 0 Å². The number of nitrogens with zero attached hydrogens (tertiary/aromatic N) is 3. The van der Waals surface area contributed by atoms with Gasteiger partial charge in [-0.25, -0.2) is 0 Å². The predicted molar refractivity (Wildman–Crippen MR) is 121 cm³/mol. The second-order valence-electron chi connectivity index (χ2n) is 8.03. The van der Waals surface area contributed by atoms with Crippen LogP contribution in [0.5, 0.6) is 0 Å². The van der Waals surface area contributed by atoms with Gasteiger partial charge in [0.05, 0.1) is 11.0 Å². The molecule has 7 heteroatoms. The maximum Gasteiger partial charge on any atom is 0.317 e. The number of amides is 1. The van der Waals surface area contributed by atoms with Gasteiger partial charge in [0, 0.05) is 32.2 Å². The van der Waals surface area contributed by atoms with E-state index >= 15 is 0 Å². The van der Waals surface area contributed by atoms with Gasteiger partial charge in [-0.05, 0) is 37.5 Å². The molecule has 0 spiro atoms. The van der Waals surface area contributed by atoms with Gasteiger partial charge in [0.15, 0.2) is 0 Å². The SMILES string of the molecule is CCn1c(=O)c(=O)n(CC(=O)NC2CCN(Cc3ccccc3)CC2)c2ccccc21. The number of rotatable bonds is 6. The van der Waals surface area contributed by atoms with Crippen molar-refractivity contribution < 1.29 is 4.79 Å². The fourth-order valence-electron chi connectivity index (χ4n) is 4.34. The van der Waals surface area contributed by atoms with Crippen LogP contribution in [-0.2, 0) is 24.4 Å². The van der Waals surface area contributed by atoms with Crippen LogP contribution in [0.3, 0.4) is 0 Å². The first-order valence-corrected chi connectivity index (χ1v) is 10.8. The highest BCUT2D eigenvalue weighted by Gasteiger charge is 2.22. The number of aryl methyl sites for hydroxylation is 1. The molecule has 7 nitrogen and oxygen atoms in total. The molecule has 1 N–H and O–H groups in total. The molecule has 162 valence electrons. The number of hydrogen-bond acceptors (Lipinski definition) is 4. The summed E-state index contributed by atoms with van der Waals surface area (Å²) in [6, 6.07) is 17.7. The molecule has 0 radical (unpaired) electrons. The molecule has 1 aliphatic heterocycles. The van der Waals surface area contributed by atoms with Crippen LogP contribution in [0.25, 0.3) is 11.0 Å². The second kappa shape index (κ2) is 9.31. The number of likely N-dealkylation sites (tertiary alicyclic amines) is 1. The summed E-state index contributed by atoms with van der Waals surface area (Å²) in [5.41, 5.74) is 1.30. The molecule has 0 unspecified atom stereocenters. The Morgan fingerprint density at radius 3 is 2.13 bits per heavy atom. The first kappa shape index (κ1) is 21.1. The van der Waals surface area contributed by atoms with Crippen molar-refractivity contribution in [3.05, 3.63) is 80.9 Å². The van der Waals surface area contributed by atoms with Crippen LogP contribution in [0.15, 0.2) is 64.2 Å². The van der Waals surface area contributed by atoms with Crippen LogP contribution >= 0.6 is 0 Å². The highest BCUT2D eigenvalue weighted by molar-refractivity contribution is 5.80. The summed E-state index contributed by atoms with van der Waals surface area (Å²) in [5.74, 6) is -0.234. The van der Waals surface area contributed by atoms with Crippen molar-refractivity contribution >= 4 is 16.9 Å². The van der Waals surface area contributed by atoms with Crippen molar-refractivity contribution in [1.29, 1.82) is 0 Å². The van der Waals surface area contributed by atoms with Gasteiger partial charge < -0.3 is 9.88 Å². The molecule has 0 aliphatic carbocycles. The maximum absolute atomic E-state index is 12.7. The number of fused-ring (bicyclic) bond motifs is 1. The quantitative estimate of drug-likeness (QED) is 0.619. The molecule has 0 bridgehead atoms. The third kappa shape index (κ3) is 4.61. The lowest BCUT2D eigenvalue weighted by molar-refractivity contribution is -0.122. The lowest BCUT2D eigenvalue weighted by Gasteiger charge is -2.32. The van der Waals surface area contributed by atoms with Gasteiger partial charge in [0.25, 0.3) is 0 Å². The van der Waals surface area contributed by atoms with Gasteiger partial charge in [0.1, 0.15) is 6.54 Å². The van der Waals surface area contributed by atoms with Crippen LogP contribution in [0.1, 0.15) is 25.3 Å². The Morgan fingerprint density at radius 1 is 0.903 bits per heavy atom. The molecule has 1 saturated heterocycles. The molecule has 1 aliphatic rings. The highest BCUT2D eigenvalue weighted by Crippen LogP contribution is 2.14. The number of nitrogens with one attached hydrogen (secondary N) is 1. The van der Waals surface area contributed by atoms with Crippen molar-refractivity contribution in [3.8, 4) is 0 Å². The van der Waals surface area contributed by atoms with Crippen LogP contribution in [0.2, 0.25) is 0 Å². The molecule has 3 aromatic rings. The molecule has 1 amide bonds. The minimum atomic E-state index is -0.659. The standard InChI is InChI=1S/C24H28N4O3/c1-2-27-20-10-6-7-11-21(20)28(24(31)23(27)30)17-22(29)25-19-12-14-26(15-13-19)16-18-8-4-3-5-9-18/h3-11,19H,2,12-17H2,1H3,(H,25,29). The molecular formula is C24H28N4O3. The predicted octanol–water partition coefficient (Wildman–Crippen LogP) is 1.96. The van der Waals surface area contributed by atoms with E-state index in [1.54, 1.807) is 12.1 Å². The zero-order valence-electron chi connectivity index (χ0n) is 17.8. The molecule has 31 heavy (non-hydrogen) atoms. The third-order valence-corrected chi connectivity index (χ3v) is 5.96. The minimum Gasteiger partial charge on any atom is -0.352 e. The lowest BCUT2D eigenvalue weighted by Crippen LogP contribution is -2.47. The highest BCUT2D eigenvalue weighted by atomic mass is 16.2. The summed E-state index contributed by atoms with van der Waals surface area (Å²) in [6.07, 6.45) is 1.73. The van der Waals surface area contributed by atoms with Crippen LogP contribution < -0.4 is 16.4 Å². The lowest BCUT2D eigenvalue weighted by atomic mass is 10.0. The van der Waals surface area contributed by atoms with Gasteiger partial charge in [0.2, 0.25) is 5.91 Å². The van der Waals surface area contributed by atoms with Gasteiger partial charge in [-0.1, -0.05) is 42.5 Å². The van der Waals surface area contributed by atoms with E-state index in [2.05, 4.69) is 22.3 Å². The molecule has 2 heterocycles. The minimum absolute atomic E-state index is 0.0810. The smallest absolute Gasteiger partial charge is 0.317 e. The zero-order chi connectivity index (χ0) is 21.8. The van der Waals surface area contributed by atoms with Crippen molar-refractivity contribution in [1.82, 2.24) is 19.4 Å². The number of hydrogen-bond donors (Lipinski definition) is 1. The van der Waals surface area contributed by atoms with Crippen molar-refractivity contribution in [2.24, 2.45) is 0 Å². The Balaban J connectivity index is 1.41. The Kier molecular flexibility index (Phi) is 6.32. The van der Waals surface area contributed by atoms with Gasteiger partial charge in [-0.15, -0.1) is 0 Å². The number of carbonyl (C=O) groups is 1.